The smallest absolute Gasteiger partial charge is 0.342 e. The second-order valence-electron chi connectivity index (χ2n) is 5.31. The number of thioether (sulfide) groups is 1. The van der Waals surface area contributed by atoms with E-state index in [2.05, 4.69) is 9.97 Å². The van der Waals surface area contributed by atoms with Gasteiger partial charge in [0.15, 0.2) is 5.16 Å². The second-order valence-corrected chi connectivity index (χ2v) is 6.25. The first-order valence-corrected chi connectivity index (χ1v) is 8.15. The lowest BCUT2D eigenvalue weighted by Crippen LogP contribution is -2.39. The summed E-state index contributed by atoms with van der Waals surface area (Å²) in [7, 11) is 1.76. The maximum atomic E-state index is 12.6. The predicted molar refractivity (Wildman–Crippen MR) is 77.4 cm³/mol. The molecule has 1 amide bonds. The fourth-order valence-corrected chi connectivity index (χ4v) is 3.22. The number of hydrogen-bond donors (Lipinski definition) is 0. The van der Waals surface area contributed by atoms with Crippen molar-refractivity contribution in [2.24, 2.45) is 0 Å². The van der Waals surface area contributed by atoms with Gasteiger partial charge in [0.1, 0.15) is 5.69 Å². The van der Waals surface area contributed by atoms with Crippen molar-refractivity contribution >= 4 is 17.7 Å². The molecule has 1 aromatic rings. The van der Waals surface area contributed by atoms with E-state index >= 15 is 0 Å². The third-order valence-corrected chi connectivity index (χ3v) is 4.61. The maximum Gasteiger partial charge on any atom is 0.433 e. The Balaban J connectivity index is 1.90. The van der Waals surface area contributed by atoms with Crippen molar-refractivity contribution in [3.8, 4) is 0 Å². The van der Waals surface area contributed by atoms with Crippen LogP contribution in [0.5, 0.6) is 0 Å². The predicted octanol–water partition coefficient (Wildman–Crippen LogP) is 3.38. The summed E-state index contributed by atoms with van der Waals surface area (Å²) in [6.45, 7) is 0. The van der Waals surface area contributed by atoms with E-state index < -0.39 is 11.9 Å². The van der Waals surface area contributed by atoms with E-state index in [0.717, 1.165) is 49.7 Å². The quantitative estimate of drug-likeness (QED) is 0.626. The first-order valence-electron chi connectivity index (χ1n) is 7.16. The largest absolute Gasteiger partial charge is 0.433 e. The highest BCUT2D eigenvalue weighted by atomic mass is 32.2. The summed E-state index contributed by atoms with van der Waals surface area (Å²) < 4.78 is 37.7. The second kappa shape index (κ2) is 7.30. The lowest BCUT2D eigenvalue weighted by atomic mass is 9.94. The van der Waals surface area contributed by atoms with E-state index in [4.69, 9.17) is 0 Å². The Kier molecular flexibility index (Phi) is 5.66. The summed E-state index contributed by atoms with van der Waals surface area (Å²) >= 11 is 0.938. The zero-order valence-corrected chi connectivity index (χ0v) is 13.1. The molecule has 2 rings (SSSR count). The highest BCUT2D eigenvalue weighted by Crippen LogP contribution is 2.28. The minimum atomic E-state index is -4.50. The minimum absolute atomic E-state index is 0.0276. The molecule has 0 radical (unpaired) electrons. The van der Waals surface area contributed by atoms with Crippen LogP contribution in [-0.4, -0.2) is 39.6 Å². The van der Waals surface area contributed by atoms with Crippen LogP contribution in [0.15, 0.2) is 17.4 Å². The standard InChI is InChI=1S/C14H18F3N3OS/c1-20(10-5-3-2-4-6-10)12(21)9-22-13-18-8-7-11(19-13)14(15,16)17/h7-8,10H,2-6,9H2,1H3. The number of carbonyl (C=O) groups is 1. The fraction of sp³-hybridized carbons (Fsp3) is 0.643. The summed E-state index contributed by atoms with van der Waals surface area (Å²) in [6.07, 6.45) is 1.98. The van der Waals surface area contributed by atoms with Crippen LogP contribution in [-0.2, 0) is 11.0 Å². The molecular weight excluding hydrogens is 315 g/mol. The monoisotopic (exact) mass is 333 g/mol. The molecule has 0 spiro atoms. The van der Waals surface area contributed by atoms with Gasteiger partial charge in [0.25, 0.3) is 0 Å². The van der Waals surface area contributed by atoms with Crippen LogP contribution in [0.2, 0.25) is 0 Å². The summed E-state index contributed by atoms with van der Waals surface area (Å²) in [5, 5.41) is -0.0276. The Bertz CT molecular complexity index is 518. The molecule has 4 nitrogen and oxygen atoms in total. The third kappa shape index (κ3) is 4.59. The van der Waals surface area contributed by atoms with Crippen LogP contribution < -0.4 is 0 Å². The summed E-state index contributed by atoms with van der Waals surface area (Å²) in [5.74, 6) is -0.0492. The van der Waals surface area contributed by atoms with Gasteiger partial charge in [0, 0.05) is 19.3 Å². The van der Waals surface area contributed by atoms with Gasteiger partial charge in [-0.05, 0) is 18.9 Å². The topological polar surface area (TPSA) is 46.1 Å². The molecule has 0 unspecified atom stereocenters. The van der Waals surface area contributed by atoms with Gasteiger partial charge in [-0.1, -0.05) is 31.0 Å². The van der Waals surface area contributed by atoms with E-state index in [1.165, 1.54) is 6.42 Å². The number of aromatic nitrogens is 2. The van der Waals surface area contributed by atoms with Gasteiger partial charge < -0.3 is 4.90 Å². The van der Waals surface area contributed by atoms with E-state index in [-0.39, 0.29) is 22.9 Å². The van der Waals surface area contributed by atoms with Crippen LogP contribution in [0.4, 0.5) is 13.2 Å². The molecular formula is C14H18F3N3OS. The molecule has 1 aromatic heterocycles. The van der Waals surface area contributed by atoms with Gasteiger partial charge in [-0.3, -0.25) is 4.79 Å². The molecule has 8 heteroatoms. The number of rotatable bonds is 4. The van der Waals surface area contributed by atoms with Gasteiger partial charge in [-0.15, -0.1) is 0 Å². The Labute approximate surface area is 131 Å². The summed E-state index contributed by atoms with van der Waals surface area (Å²) in [6, 6.07) is 1.06. The van der Waals surface area contributed by atoms with Gasteiger partial charge in [0.05, 0.1) is 5.75 Å². The molecule has 0 saturated heterocycles. The van der Waals surface area contributed by atoms with Crippen molar-refractivity contribution in [1.29, 1.82) is 0 Å². The zero-order valence-electron chi connectivity index (χ0n) is 12.3. The zero-order chi connectivity index (χ0) is 16.2. The van der Waals surface area contributed by atoms with Gasteiger partial charge in [-0.25, -0.2) is 9.97 Å². The maximum absolute atomic E-state index is 12.6. The number of alkyl halides is 3. The molecule has 122 valence electrons. The van der Waals surface area contributed by atoms with Crippen LogP contribution in [0, 0.1) is 0 Å². The molecule has 0 aliphatic heterocycles. The molecule has 0 bridgehead atoms. The average Bonchev–Trinajstić information content (AvgIpc) is 2.52. The third-order valence-electron chi connectivity index (χ3n) is 3.76. The van der Waals surface area contributed by atoms with Crippen molar-refractivity contribution in [2.45, 2.75) is 49.5 Å². The van der Waals surface area contributed by atoms with E-state index in [1.54, 1.807) is 11.9 Å². The first-order chi connectivity index (χ1) is 10.4. The molecule has 22 heavy (non-hydrogen) atoms. The Morgan fingerprint density at radius 2 is 2.05 bits per heavy atom. The molecule has 0 N–H and O–H groups in total. The van der Waals surface area contributed by atoms with Crippen molar-refractivity contribution in [3.05, 3.63) is 18.0 Å². The van der Waals surface area contributed by atoms with Crippen molar-refractivity contribution in [1.82, 2.24) is 14.9 Å². The molecule has 0 atom stereocenters. The van der Waals surface area contributed by atoms with Gasteiger partial charge >= 0.3 is 6.18 Å². The number of halogens is 3. The molecule has 1 fully saturated rings. The van der Waals surface area contributed by atoms with Crippen LogP contribution >= 0.6 is 11.8 Å². The van der Waals surface area contributed by atoms with Crippen LogP contribution in [0.25, 0.3) is 0 Å². The summed E-state index contributed by atoms with van der Waals surface area (Å²) in [5.41, 5.74) is -0.988. The Morgan fingerprint density at radius 3 is 2.68 bits per heavy atom. The summed E-state index contributed by atoms with van der Waals surface area (Å²) in [4.78, 5) is 21.1. The van der Waals surface area contributed by atoms with E-state index in [0.29, 0.717) is 0 Å². The Morgan fingerprint density at radius 1 is 1.36 bits per heavy atom. The Hall–Kier alpha value is -1.31. The highest BCUT2D eigenvalue weighted by molar-refractivity contribution is 7.99. The normalized spacial score (nSPS) is 16.5. The van der Waals surface area contributed by atoms with Crippen molar-refractivity contribution in [3.63, 3.8) is 0 Å². The number of amides is 1. The van der Waals surface area contributed by atoms with Crippen molar-refractivity contribution in [2.75, 3.05) is 12.8 Å². The highest BCUT2D eigenvalue weighted by Gasteiger charge is 2.33. The van der Waals surface area contributed by atoms with Crippen LogP contribution in [0.3, 0.4) is 0 Å². The number of carbonyl (C=O) groups excluding carboxylic acids is 1. The van der Waals surface area contributed by atoms with E-state index in [1.807, 2.05) is 0 Å². The van der Waals surface area contributed by atoms with Gasteiger partial charge in [0.2, 0.25) is 5.91 Å². The lowest BCUT2D eigenvalue weighted by molar-refractivity contribution is -0.141. The number of nitrogens with zero attached hydrogens (tertiary/aromatic N) is 3. The fourth-order valence-electron chi connectivity index (χ4n) is 2.47. The minimum Gasteiger partial charge on any atom is -0.342 e. The molecule has 1 aliphatic carbocycles. The molecule has 1 aliphatic rings. The van der Waals surface area contributed by atoms with Crippen LogP contribution in [0.1, 0.15) is 37.8 Å². The SMILES string of the molecule is CN(C(=O)CSc1nccc(C(F)(F)F)n1)C1CCCCC1. The van der Waals surface area contributed by atoms with Gasteiger partial charge in [-0.2, -0.15) is 13.2 Å². The average molecular weight is 333 g/mol. The lowest BCUT2D eigenvalue weighted by Gasteiger charge is -2.31. The van der Waals surface area contributed by atoms with E-state index in [9.17, 15) is 18.0 Å². The first kappa shape index (κ1) is 17.1. The number of hydrogen-bond acceptors (Lipinski definition) is 4. The van der Waals surface area contributed by atoms with Crippen molar-refractivity contribution < 1.29 is 18.0 Å². The molecule has 1 saturated carbocycles. The molecule has 1 heterocycles. The molecule has 0 aromatic carbocycles.